The van der Waals surface area contributed by atoms with Crippen LogP contribution in [0.25, 0.3) is 18.8 Å². The second kappa shape index (κ2) is 8.68. The number of nitrogens with zero attached hydrogens (tertiary/aromatic N) is 4. The molecular weight excluding hydrogens is 462 g/mol. The molecule has 0 spiro atoms. The van der Waals surface area contributed by atoms with E-state index in [1.807, 2.05) is 50.2 Å². The van der Waals surface area contributed by atoms with Crippen LogP contribution in [0.3, 0.4) is 0 Å². The van der Waals surface area contributed by atoms with E-state index in [2.05, 4.69) is 15.3 Å². The molecule has 0 amide bonds. The van der Waals surface area contributed by atoms with Gasteiger partial charge in [0.15, 0.2) is 0 Å². The molecule has 168 valence electrons. The van der Waals surface area contributed by atoms with E-state index >= 15 is 0 Å². The van der Waals surface area contributed by atoms with Crippen LogP contribution in [0.5, 0.6) is 0 Å². The number of hydrogen-bond donors (Lipinski definition) is 1. The fraction of sp³-hybridized carbons (Fsp3) is 0.182. The summed E-state index contributed by atoms with van der Waals surface area (Å²) in [6.07, 6.45) is 0. The quantitative estimate of drug-likeness (QED) is 0.412. The Labute approximate surface area is 194 Å². The van der Waals surface area contributed by atoms with Gasteiger partial charge in [-0.15, -0.1) is 22.7 Å². The molecule has 0 radical (unpaired) electrons. The van der Waals surface area contributed by atoms with Gasteiger partial charge in [-0.05, 0) is 32.0 Å². The van der Waals surface area contributed by atoms with Gasteiger partial charge in [-0.2, -0.15) is 0 Å². The van der Waals surface area contributed by atoms with Crippen LogP contribution in [-0.4, -0.2) is 19.1 Å². The van der Waals surface area contributed by atoms with Crippen molar-refractivity contribution in [1.29, 1.82) is 0 Å². The van der Waals surface area contributed by atoms with Gasteiger partial charge in [-0.25, -0.2) is 9.97 Å². The minimum Gasteiger partial charge on any atom is -0.324 e. The predicted molar refractivity (Wildman–Crippen MR) is 133 cm³/mol. The highest BCUT2D eigenvalue weighted by Gasteiger charge is 2.18. The van der Waals surface area contributed by atoms with Crippen molar-refractivity contribution in [2.75, 3.05) is 5.32 Å². The minimum atomic E-state index is -0.422. The van der Waals surface area contributed by atoms with Gasteiger partial charge < -0.3 is 5.32 Å². The lowest BCUT2D eigenvalue weighted by Gasteiger charge is -2.05. The summed E-state index contributed by atoms with van der Waals surface area (Å²) >= 11 is 1.84. The number of anilines is 2. The second-order valence-electron chi connectivity index (χ2n) is 7.32. The summed E-state index contributed by atoms with van der Waals surface area (Å²) in [4.78, 5) is 55.8. The van der Waals surface area contributed by atoms with Gasteiger partial charge in [-0.3, -0.25) is 28.3 Å². The summed E-state index contributed by atoms with van der Waals surface area (Å²) in [5, 5.41) is 3.16. The molecule has 0 fully saturated rings. The van der Waals surface area contributed by atoms with Crippen molar-refractivity contribution in [3.8, 4) is 0 Å². The maximum atomic E-state index is 11.8. The number of aromatic nitrogens is 4. The van der Waals surface area contributed by atoms with Gasteiger partial charge in [0, 0.05) is 31.2 Å². The Morgan fingerprint density at radius 1 is 0.697 bits per heavy atom. The monoisotopic (exact) mass is 481 g/mol. The zero-order chi connectivity index (χ0) is 23.9. The van der Waals surface area contributed by atoms with Crippen LogP contribution < -0.4 is 27.6 Å². The molecular formula is C22H19N5O4S2. The van der Waals surface area contributed by atoms with Crippen LogP contribution in [-0.2, 0) is 14.1 Å². The highest BCUT2D eigenvalue weighted by molar-refractivity contribution is 7.36. The smallest absolute Gasteiger partial charge is 0.272 e. The van der Waals surface area contributed by atoms with Gasteiger partial charge in [0.1, 0.15) is 18.8 Å². The molecule has 33 heavy (non-hydrogen) atoms. The number of aryl methyl sites for hydroxylation is 2. The molecule has 0 unspecified atom stereocenters. The van der Waals surface area contributed by atoms with E-state index in [9.17, 15) is 19.2 Å². The number of hydrogen-bond acceptors (Lipinski definition) is 9. The van der Waals surface area contributed by atoms with Gasteiger partial charge in [0.05, 0.1) is 0 Å². The zero-order valence-corrected chi connectivity index (χ0v) is 19.8. The van der Waals surface area contributed by atoms with Gasteiger partial charge in [0.2, 0.25) is 5.95 Å². The van der Waals surface area contributed by atoms with E-state index in [0.717, 1.165) is 48.9 Å². The SMILES string of the molecule is Cc1cc(C)nc(Nc2ccccc2)n1.Cn1c(=O)c2sc3c(=O)n(C)c(=O)c3sc2c1=O. The molecule has 9 nitrogen and oxygen atoms in total. The van der Waals surface area contributed by atoms with E-state index in [0.29, 0.717) is 5.95 Å². The zero-order valence-electron chi connectivity index (χ0n) is 18.2. The molecule has 0 aliphatic rings. The van der Waals surface area contributed by atoms with Crippen LogP contribution in [0.2, 0.25) is 0 Å². The summed E-state index contributed by atoms with van der Waals surface area (Å²) < 4.78 is 2.94. The molecule has 0 aliphatic carbocycles. The van der Waals surface area contributed by atoms with E-state index in [1.54, 1.807) is 0 Å². The molecule has 0 saturated heterocycles. The van der Waals surface area contributed by atoms with Crippen molar-refractivity contribution in [1.82, 2.24) is 19.1 Å². The Morgan fingerprint density at radius 3 is 1.48 bits per heavy atom. The molecule has 5 rings (SSSR count). The summed E-state index contributed by atoms with van der Waals surface area (Å²) in [5.41, 5.74) is 1.26. The van der Waals surface area contributed by atoms with Crippen molar-refractivity contribution < 1.29 is 0 Å². The third kappa shape index (κ3) is 4.20. The molecule has 4 aromatic heterocycles. The van der Waals surface area contributed by atoms with Crippen LogP contribution in [0.4, 0.5) is 11.6 Å². The molecule has 4 heterocycles. The van der Waals surface area contributed by atoms with Crippen LogP contribution in [0, 0.1) is 13.8 Å². The first-order chi connectivity index (χ1) is 15.7. The summed E-state index contributed by atoms with van der Waals surface area (Å²) in [6.45, 7) is 3.93. The Balaban J connectivity index is 0.000000160. The third-order valence-corrected chi connectivity index (χ3v) is 7.42. The minimum absolute atomic E-state index is 0.239. The lowest BCUT2D eigenvalue weighted by molar-refractivity contribution is 0.857. The summed E-state index contributed by atoms with van der Waals surface area (Å²) in [5.74, 6) is 0.652. The molecule has 11 heteroatoms. The van der Waals surface area contributed by atoms with Crippen LogP contribution in [0.15, 0.2) is 55.6 Å². The molecule has 1 N–H and O–H groups in total. The maximum absolute atomic E-state index is 11.8. The number of para-hydroxylation sites is 1. The normalized spacial score (nSPS) is 10.9. The molecule has 0 atom stereocenters. The Hall–Kier alpha value is -3.70. The third-order valence-electron chi connectivity index (χ3n) is 4.83. The van der Waals surface area contributed by atoms with E-state index < -0.39 is 22.2 Å². The first-order valence-corrected chi connectivity index (χ1v) is 11.4. The van der Waals surface area contributed by atoms with Crippen molar-refractivity contribution in [2.24, 2.45) is 14.1 Å². The number of fused-ring (bicyclic) bond motifs is 2. The average Bonchev–Trinajstić information content (AvgIpc) is 3.13. The predicted octanol–water partition coefficient (Wildman–Crippen LogP) is 2.51. The Bertz CT molecular complexity index is 1540. The first kappa shape index (κ1) is 22.5. The largest absolute Gasteiger partial charge is 0.324 e. The van der Waals surface area contributed by atoms with E-state index in [1.165, 1.54) is 14.1 Å². The van der Waals surface area contributed by atoms with Crippen molar-refractivity contribution in [3.63, 3.8) is 0 Å². The molecule has 0 saturated carbocycles. The van der Waals surface area contributed by atoms with E-state index in [4.69, 9.17) is 0 Å². The van der Waals surface area contributed by atoms with Crippen molar-refractivity contribution >= 4 is 53.1 Å². The van der Waals surface area contributed by atoms with Crippen LogP contribution >= 0.6 is 22.7 Å². The van der Waals surface area contributed by atoms with Gasteiger partial charge >= 0.3 is 0 Å². The molecule has 0 bridgehead atoms. The van der Waals surface area contributed by atoms with Gasteiger partial charge in [0.25, 0.3) is 22.2 Å². The summed E-state index contributed by atoms with van der Waals surface area (Å²) in [7, 11) is 2.76. The Kier molecular flexibility index (Phi) is 5.91. The standard InChI is InChI=1S/C12H13N3.C10H6N2O4S2/c1-9-8-10(2)14-12(13-9)15-11-6-4-3-5-7-11;1-11-7(13)3-4(8(11)14)18-6-5(17-3)9(15)12(2)10(6)16/h3-8H,1-2H3,(H,13,14,15);1-2H3. The molecule has 5 aromatic rings. The lowest BCUT2D eigenvalue weighted by atomic mass is 10.3. The Morgan fingerprint density at radius 2 is 1.09 bits per heavy atom. The van der Waals surface area contributed by atoms with Crippen molar-refractivity contribution in [2.45, 2.75) is 13.8 Å². The van der Waals surface area contributed by atoms with Crippen LogP contribution in [0.1, 0.15) is 11.4 Å². The average molecular weight is 482 g/mol. The fourth-order valence-electron chi connectivity index (χ4n) is 3.18. The second-order valence-corrected chi connectivity index (χ2v) is 9.37. The highest BCUT2D eigenvalue weighted by atomic mass is 32.1. The highest BCUT2D eigenvalue weighted by Crippen LogP contribution is 2.25. The maximum Gasteiger partial charge on any atom is 0.272 e. The number of benzene rings is 1. The molecule has 1 aromatic carbocycles. The summed E-state index contributed by atoms with van der Waals surface area (Å²) in [6, 6.07) is 11.9. The number of rotatable bonds is 2. The van der Waals surface area contributed by atoms with Crippen molar-refractivity contribution in [3.05, 3.63) is 89.2 Å². The van der Waals surface area contributed by atoms with Gasteiger partial charge in [-0.1, -0.05) is 18.2 Å². The van der Waals surface area contributed by atoms with E-state index in [-0.39, 0.29) is 18.8 Å². The lowest BCUT2D eigenvalue weighted by Crippen LogP contribution is -2.21. The first-order valence-electron chi connectivity index (χ1n) is 9.80. The molecule has 0 aliphatic heterocycles. The number of nitrogens with one attached hydrogen (secondary N) is 1. The topological polar surface area (TPSA) is 116 Å². The fourth-order valence-corrected chi connectivity index (χ4v) is 5.70.